The Kier molecular flexibility index (Phi) is 4.97. The Morgan fingerprint density at radius 1 is 1.21 bits per heavy atom. The molecular formula is C15H22BrN3. The number of aromatic nitrogens is 3. The van der Waals surface area contributed by atoms with Gasteiger partial charge in [-0.1, -0.05) is 33.1 Å². The van der Waals surface area contributed by atoms with Crippen molar-refractivity contribution < 1.29 is 0 Å². The van der Waals surface area contributed by atoms with Crippen molar-refractivity contribution in [3.05, 3.63) is 27.6 Å². The molecule has 0 amide bonds. The van der Waals surface area contributed by atoms with Crippen molar-refractivity contribution in [1.29, 1.82) is 0 Å². The zero-order valence-electron chi connectivity index (χ0n) is 12.0. The highest BCUT2D eigenvalue weighted by Crippen LogP contribution is 2.23. The third kappa shape index (κ3) is 3.16. The Labute approximate surface area is 123 Å². The van der Waals surface area contributed by atoms with Crippen molar-refractivity contribution in [3.63, 3.8) is 0 Å². The van der Waals surface area contributed by atoms with Crippen LogP contribution in [0.15, 0.2) is 10.7 Å². The molecule has 0 N–H and O–H groups in total. The van der Waals surface area contributed by atoms with E-state index < -0.39 is 0 Å². The zero-order valence-corrected chi connectivity index (χ0v) is 13.6. The SMILES string of the molecule is CCCCCCc1nc2cc(C)c(CC)c(Br)n2n1. The van der Waals surface area contributed by atoms with Gasteiger partial charge in [-0.25, -0.2) is 9.50 Å². The Bertz CT molecular complexity index is 560. The Morgan fingerprint density at radius 2 is 2.00 bits per heavy atom. The van der Waals surface area contributed by atoms with E-state index in [4.69, 9.17) is 0 Å². The van der Waals surface area contributed by atoms with E-state index in [2.05, 4.69) is 52.9 Å². The second kappa shape index (κ2) is 6.51. The van der Waals surface area contributed by atoms with E-state index in [-0.39, 0.29) is 0 Å². The summed E-state index contributed by atoms with van der Waals surface area (Å²) in [5.74, 6) is 0.962. The summed E-state index contributed by atoms with van der Waals surface area (Å²) in [4.78, 5) is 4.63. The maximum absolute atomic E-state index is 4.63. The lowest BCUT2D eigenvalue weighted by atomic mass is 10.1. The summed E-state index contributed by atoms with van der Waals surface area (Å²) in [5.41, 5.74) is 3.55. The van der Waals surface area contributed by atoms with Crippen LogP contribution in [0.3, 0.4) is 0 Å². The summed E-state index contributed by atoms with van der Waals surface area (Å²) in [5, 5.41) is 4.62. The molecule has 2 aromatic rings. The summed E-state index contributed by atoms with van der Waals surface area (Å²) in [6, 6.07) is 2.13. The molecule has 19 heavy (non-hydrogen) atoms. The standard InChI is InChI=1S/C15H22BrN3/c1-4-6-7-8-9-13-17-14-10-11(3)12(5-2)15(16)19(14)18-13/h10H,4-9H2,1-3H3. The maximum Gasteiger partial charge on any atom is 0.157 e. The normalized spacial score (nSPS) is 11.4. The molecule has 2 rings (SSSR count). The average Bonchev–Trinajstić information content (AvgIpc) is 2.78. The maximum atomic E-state index is 4.63. The lowest BCUT2D eigenvalue weighted by molar-refractivity contribution is 0.651. The van der Waals surface area contributed by atoms with E-state index in [9.17, 15) is 0 Å². The number of fused-ring (bicyclic) bond motifs is 1. The van der Waals surface area contributed by atoms with Crippen LogP contribution >= 0.6 is 15.9 Å². The number of hydrogen-bond donors (Lipinski definition) is 0. The molecule has 0 spiro atoms. The molecule has 0 atom stereocenters. The molecule has 0 aliphatic rings. The quantitative estimate of drug-likeness (QED) is 0.579. The van der Waals surface area contributed by atoms with Crippen molar-refractivity contribution in [3.8, 4) is 0 Å². The first-order chi connectivity index (χ1) is 9.17. The number of unbranched alkanes of at least 4 members (excludes halogenated alkanes) is 3. The van der Waals surface area contributed by atoms with Gasteiger partial charge in [0.1, 0.15) is 4.60 Å². The number of halogens is 1. The van der Waals surface area contributed by atoms with Gasteiger partial charge in [0, 0.05) is 6.42 Å². The van der Waals surface area contributed by atoms with E-state index in [1.807, 2.05) is 4.52 Å². The van der Waals surface area contributed by atoms with E-state index in [1.54, 1.807) is 0 Å². The fourth-order valence-electron chi connectivity index (χ4n) is 2.42. The van der Waals surface area contributed by atoms with E-state index >= 15 is 0 Å². The van der Waals surface area contributed by atoms with Gasteiger partial charge in [-0.15, -0.1) is 0 Å². The zero-order chi connectivity index (χ0) is 13.8. The molecule has 0 aliphatic heterocycles. The molecule has 0 unspecified atom stereocenters. The molecule has 2 heterocycles. The number of nitrogens with zero attached hydrogens (tertiary/aromatic N) is 3. The van der Waals surface area contributed by atoms with E-state index in [0.717, 1.165) is 28.9 Å². The van der Waals surface area contributed by atoms with Gasteiger partial charge in [0.15, 0.2) is 11.5 Å². The van der Waals surface area contributed by atoms with Crippen LogP contribution in [0.5, 0.6) is 0 Å². The minimum atomic E-state index is 0.951. The first-order valence-corrected chi connectivity index (χ1v) is 8.00. The molecule has 0 saturated carbocycles. The molecule has 0 bridgehead atoms. The first kappa shape index (κ1) is 14.5. The van der Waals surface area contributed by atoms with Crippen molar-refractivity contribution in [2.24, 2.45) is 0 Å². The molecule has 2 aromatic heterocycles. The Balaban J connectivity index is 2.23. The highest BCUT2D eigenvalue weighted by atomic mass is 79.9. The highest BCUT2D eigenvalue weighted by Gasteiger charge is 2.11. The van der Waals surface area contributed by atoms with Crippen molar-refractivity contribution in [2.45, 2.75) is 59.3 Å². The minimum Gasteiger partial charge on any atom is -0.212 e. The van der Waals surface area contributed by atoms with Crippen LogP contribution < -0.4 is 0 Å². The van der Waals surface area contributed by atoms with Gasteiger partial charge in [0.25, 0.3) is 0 Å². The Hall–Kier alpha value is -0.900. The van der Waals surface area contributed by atoms with Crippen molar-refractivity contribution in [1.82, 2.24) is 14.6 Å². The third-order valence-electron chi connectivity index (χ3n) is 3.54. The lowest BCUT2D eigenvalue weighted by Gasteiger charge is -2.06. The molecule has 4 heteroatoms. The summed E-state index contributed by atoms with van der Waals surface area (Å²) < 4.78 is 2.98. The topological polar surface area (TPSA) is 30.2 Å². The minimum absolute atomic E-state index is 0.951. The summed E-state index contributed by atoms with van der Waals surface area (Å²) in [6.07, 6.45) is 7.01. The van der Waals surface area contributed by atoms with Crippen LogP contribution in [0.25, 0.3) is 5.65 Å². The van der Waals surface area contributed by atoms with E-state index in [1.165, 1.54) is 36.8 Å². The van der Waals surface area contributed by atoms with Gasteiger partial charge in [-0.3, -0.25) is 0 Å². The van der Waals surface area contributed by atoms with Crippen LogP contribution in [0.1, 0.15) is 56.5 Å². The molecule has 0 aliphatic carbocycles. The Morgan fingerprint density at radius 3 is 2.68 bits per heavy atom. The van der Waals surface area contributed by atoms with Crippen LogP contribution in [0, 0.1) is 6.92 Å². The number of rotatable bonds is 6. The fraction of sp³-hybridized carbons (Fsp3) is 0.600. The van der Waals surface area contributed by atoms with Gasteiger partial charge in [0.05, 0.1) is 0 Å². The monoisotopic (exact) mass is 323 g/mol. The molecule has 104 valence electrons. The number of aryl methyl sites for hydroxylation is 2. The largest absolute Gasteiger partial charge is 0.212 e. The number of pyridine rings is 1. The third-order valence-corrected chi connectivity index (χ3v) is 4.35. The summed E-state index contributed by atoms with van der Waals surface area (Å²) >= 11 is 3.66. The van der Waals surface area contributed by atoms with Gasteiger partial charge >= 0.3 is 0 Å². The van der Waals surface area contributed by atoms with Crippen LogP contribution in [-0.2, 0) is 12.8 Å². The first-order valence-electron chi connectivity index (χ1n) is 7.21. The molecular weight excluding hydrogens is 302 g/mol. The van der Waals surface area contributed by atoms with Crippen LogP contribution in [-0.4, -0.2) is 14.6 Å². The second-order valence-electron chi connectivity index (χ2n) is 5.06. The van der Waals surface area contributed by atoms with Gasteiger partial charge < -0.3 is 0 Å². The van der Waals surface area contributed by atoms with Crippen molar-refractivity contribution >= 4 is 21.6 Å². The van der Waals surface area contributed by atoms with Gasteiger partial charge in [-0.2, -0.15) is 5.10 Å². The lowest BCUT2D eigenvalue weighted by Crippen LogP contribution is -1.98. The smallest absolute Gasteiger partial charge is 0.157 e. The molecule has 3 nitrogen and oxygen atoms in total. The molecule has 0 radical (unpaired) electrons. The predicted octanol–water partition coefficient (Wildman–Crippen LogP) is 4.49. The molecule has 0 saturated heterocycles. The summed E-state index contributed by atoms with van der Waals surface area (Å²) in [6.45, 7) is 6.54. The van der Waals surface area contributed by atoms with Crippen molar-refractivity contribution in [2.75, 3.05) is 0 Å². The van der Waals surface area contributed by atoms with E-state index in [0.29, 0.717) is 0 Å². The highest BCUT2D eigenvalue weighted by molar-refractivity contribution is 9.10. The number of hydrogen-bond acceptors (Lipinski definition) is 2. The second-order valence-corrected chi connectivity index (χ2v) is 5.81. The summed E-state index contributed by atoms with van der Waals surface area (Å²) in [7, 11) is 0. The van der Waals surface area contributed by atoms with Crippen LogP contribution in [0.4, 0.5) is 0 Å². The van der Waals surface area contributed by atoms with Crippen LogP contribution in [0.2, 0.25) is 0 Å². The fourth-order valence-corrected chi connectivity index (χ4v) is 3.27. The van der Waals surface area contributed by atoms with Gasteiger partial charge in [0.2, 0.25) is 0 Å². The molecule has 0 aromatic carbocycles. The molecule has 0 fully saturated rings. The predicted molar refractivity (Wildman–Crippen MR) is 82.6 cm³/mol. The average molecular weight is 324 g/mol. The van der Waals surface area contributed by atoms with Gasteiger partial charge in [-0.05, 0) is 52.9 Å².